The van der Waals surface area contributed by atoms with Gasteiger partial charge in [-0.1, -0.05) is 26.0 Å². The van der Waals surface area contributed by atoms with E-state index in [2.05, 4.69) is 24.4 Å². The average Bonchev–Trinajstić information content (AvgIpc) is 3.21. The largest absolute Gasteiger partial charge is 0.489 e. The van der Waals surface area contributed by atoms with Gasteiger partial charge in [-0.05, 0) is 72.9 Å². The Morgan fingerprint density at radius 2 is 1.82 bits per heavy atom. The van der Waals surface area contributed by atoms with Crippen LogP contribution >= 0.6 is 11.3 Å². The molecule has 0 atom stereocenters. The first-order valence-electron chi connectivity index (χ1n) is 9.88. The molecule has 0 spiro atoms. The maximum Gasteiger partial charge on any atom is 0.120 e. The minimum absolute atomic E-state index is 0.0937. The molecule has 28 heavy (non-hydrogen) atoms. The van der Waals surface area contributed by atoms with Gasteiger partial charge in [-0.2, -0.15) is 0 Å². The number of allylic oxidation sites excluding steroid dienone is 2. The molecule has 0 saturated carbocycles. The highest BCUT2D eigenvalue weighted by molar-refractivity contribution is 7.11. The summed E-state index contributed by atoms with van der Waals surface area (Å²) in [6.07, 6.45) is 5.43. The lowest BCUT2D eigenvalue weighted by atomic mass is 9.91. The van der Waals surface area contributed by atoms with Crippen LogP contribution in [0.5, 0.6) is 5.75 Å². The lowest BCUT2D eigenvalue weighted by Gasteiger charge is -2.24. The number of hydrogen-bond donors (Lipinski definition) is 3. The molecule has 2 rings (SSSR count). The van der Waals surface area contributed by atoms with Gasteiger partial charge in [0, 0.05) is 10.4 Å². The van der Waals surface area contributed by atoms with Crippen molar-refractivity contribution in [3.8, 4) is 5.75 Å². The maximum absolute atomic E-state index is 10.4. The minimum Gasteiger partial charge on any atom is -0.489 e. The first-order chi connectivity index (χ1) is 13.4. The molecule has 0 aliphatic carbocycles. The van der Waals surface area contributed by atoms with Crippen molar-refractivity contribution in [1.29, 1.82) is 0 Å². The first-order valence-corrected chi connectivity index (χ1v) is 10.8. The molecule has 1 heterocycles. The molecule has 1 aromatic carbocycles. The molecule has 0 saturated heterocycles. The monoisotopic (exact) mass is 404 g/mol. The quantitative estimate of drug-likeness (QED) is 0.490. The summed E-state index contributed by atoms with van der Waals surface area (Å²) < 4.78 is 5.84. The first kappa shape index (κ1) is 22.6. The highest BCUT2D eigenvalue weighted by Gasteiger charge is 2.20. The third-order valence-electron chi connectivity index (χ3n) is 5.34. The number of thiophene rings is 1. The van der Waals surface area contributed by atoms with Gasteiger partial charge in [0.15, 0.2) is 0 Å². The number of rotatable bonds is 11. The lowest BCUT2D eigenvalue weighted by Crippen LogP contribution is -2.25. The minimum atomic E-state index is -0.551. The van der Waals surface area contributed by atoms with E-state index in [-0.39, 0.29) is 13.2 Å². The maximum atomic E-state index is 10.4. The Morgan fingerprint density at radius 3 is 2.46 bits per heavy atom. The van der Waals surface area contributed by atoms with Crippen LogP contribution in [0.1, 0.15) is 68.0 Å². The van der Waals surface area contributed by atoms with Crippen LogP contribution in [0.2, 0.25) is 0 Å². The zero-order chi connectivity index (χ0) is 20.6. The summed E-state index contributed by atoms with van der Waals surface area (Å²) in [6, 6.07) is 7.50. The van der Waals surface area contributed by atoms with E-state index >= 15 is 0 Å². The van der Waals surface area contributed by atoms with E-state index in [0.717, 1.165) is 31.2 Å². The van der Waals surface area contributed by atoms with Gasteiger partial charge >= 0.3 is 0 Å². The molecule has 0 aliphatic heterocycles. The Kier molecular flexibility index (Phi) is 8.70. The number of hydrogen-bond acceptors (Lipinski definition) is 5. The molecule has 2 aromatic rings. The highest BCUT2D eigenvalue weighted by Crippen LogP contribution is 2.27. The van der Waals surface area contributed by atoms with Gasteiger partial charge in [-0.3, -0.25) is 0 Å². The van der Waals surface area contributed by atoms with Crippen molar-refractivity contribution in [1.82, 2.24) is 0 Å². The fraction of sp³-hybridized carbons (Fsp3) is 0.478. The molecule has 0 amide bonds. The average molecular weight is 405 g/mol. The molecule has 1 aromatic heterocycles. The fourth-order valence-corrected chi connectivity index (χ4v) is 3.98. The Morgan fingerprint density at radius 1 is 1.11 bits per heavy atom. The predicted octanol–water partition coefficient (Wildman–Crippen LogP) is 5.05. The van der Waals surface area contributed by atoms with Crippen molar-refractivity contribution in [3.63, 3.8) is 0 Å². The third-order valence-corrected chi connectivity index (χ3v) is 6.46. The van der Waals surface area contributed by atoms with Crippen LogP contribution in [0.4, 0.5) is 0 Å². The summed E-state index contributed by atoms with van der Waals surface area (Å²) in [5.74, 6) is 0.680. The van der Waals surface area contributed by atoms with E-state index in [1.807, 2.05) is 19.9 Å². The molecular formula is C23H32O4S. The van der Waals surface area contributed by atoms with Gasteiger partial charge in [-0.25, -0.2) is 0 Å². The number of benzene rings is 1. The van der Waals surface area contributed by atoms with E-state index in [1.165, 1.54) is 10.5 Å². The van der Waals surface area contributed by atoms with Crippen LogP contribution in [0, 0.1) is 0 Å². The van der Waals surface area contributed by atoms with E-state index in [0.29, 0.717) is 23.5 Å². The molecule has 154 valence electrons. The molecule has 3 N–H and O–H groups in total. The van der Waals surface area contributed by atoms with Crippen molar-refractivity contribution in [2.24, 2.45) is 0 Å². The number of ether oxygens (including phenoxy) is 1. The molecule has 4 nitrogen and oxygen atoms in total. The second kappa shape index (κ2) is 10.8. The van der Waals surface area contributed by atoms with E-state index in [9.17, 15) is 15.3 Å². The summed E-state index contributed by atoms with van der Waals surface area (Å²) in [5.41, 5.74) is 3.17. The Labute approximate surface area is 172 Å². The zero-order valence-electron chi connectivity index (χ0n) is 17.1. The van der Waals surface area contributed by atoms with Crippen molar-refractivity contribution >= 4 is 16.9 Å². The summed E-state index contributed by atoms with van der Waals surface area (Å²) in [4.78, 5) is 1.21. The van der Waals surface area contributed by atoms with Crippen molar-refractivity contribution in [2.45, 2.75) is 71.9 Å². The standard InChI is InChI=1S/C23H32O4S/c1-4-23(26,5-2)10-6-7-17(3)22-11-18(16-28-22)15-27-21-9-8-19(13-24)20(12-21)14-25/h7-9,11-12,16,24-26H,4-6,10,13-15H2,1-3H3. The topological polar surface area (TPSA) is 69.9 Å². The summed E-state index contributed by atoms with van der Waals surface area (Å²) in [6.45, 7) is 6.42. The second-order valence-electron chi connectivity index (χ2n) is 7.21. The van der Waals surface area contributed by atoms with Gasteiger partial charge in [0.05, 0.1) is 18.8 Å². The summed E-state index contributed by atoms with van der Waals surface area (Å²) >= 11 is 1.69. The number of aliphatic hydroxyl groups is 3. The van der Waals surface area contributed by atoms with Gasteiger partial charge < -0.3 is 20.1 Å². The highest BCUT2D eigenvalue weighted by atomic mass is 32.1. The molecule has 0 radical (unpaired) electrons. The van der Waals surface area contributed by atoms with Crippen molar-refractivity contribution in [3.05, 3.63) is 57.3 Å². The van der Waals surface area contributed by atoms with Gasteiger partial charge in [0.25, 0.3) is 0 Å². The van der Waals surface area contributed by atoms with Gasteiger partial charge in [-0.15, -0.1) is 11.3 Å². The van der Waals surface area contributed by atoms with E-state index in [4.69, 9.17) is 4.74 Å². The SMILES string of the molecule is CCC(O)(CC)CCC=C(C)c1cc(COc2ccc(CO)c(CO)c2)cs1. The smallest absolute Gasteiger partial charge is 0.120 e. The van der Waals surface area contributed by atoms with Crippen molar-refractivity contribution < 1.29 is 20.1 Å². The Bertz CT molecular complexity index is 775. The van der Waals surface area contributed by atoms with Crippen LogP contribution in [0.25, 0.3) is 5.57 Å². The predicted molar refractivity (Wildman–Crippen MR) is 115 cm³/mol. The van der Waals surface area contributed by atoms with Gasteiger partial charge in [0.1, 0.15) is 12.4 Å². The molecular weight excluding hydrogens is 372 g/mol. The van der Waals surface area contributed by atoms with Crippen LogP contribution in [0.15, 0.2) is 35.7 Å². The zero-order valence-corrected chi connectivity index (χ0v) is 17.9. The molecule has 5 heteroatoms. The van der Waals surface area contributed by atoms with Crippen LogP contribution < -0.4 is 4.74 Å². The van der Waals surface area contributed by atoms with Crippen LogP contribution in [-0.4, -0.2) is 20.9 Å². The van der Waals surface area contributed by atoms with Crippen molar-refractivity contribution in [2.75, 3.05) is 0 Å². The molecule has 0 bridgehead atoms. The summed E-state index contributed by atoms with van der Waals surface area (Å²) in [7, 11) is 0. The van der Waals surface area contributed by atoms with Crippen LogP contribution in [-0.2, 0) is 19.8 Å². The molecule has 0 unspecified atom stereocenters. The number of aliphatic hydroxyl groups excluding tert-OH is 2. The van der Waals surface area contributed by atoms with Crippen LogP contribution in [0.3, 0.4) is 0 Å². The lowest BCUT2D eigenvalue weighted by molar-refractivity contribution is 0.0246. The third kappa shape index (κ3) is 6.17. The molecule has 0 fully saturated rings. The molecule has 0 aliphatic rings. The fourth-order valence-electron chi connectivity index (χ4n) is 3.08. The van der Waals surface area contributed by atoms with Gasteiger partial charge in [0.2, 0.25) is 0 Å². The van der Waals surface area contributed by atoms with E-state index < -0.39 is 5.60 Å². The second-order valence-corrected chi connectivity index (χ2v) is 8.12. The Balaban J connectivity index is 1.94. The summed E-state index contributed by atoms with van der Waals surface area (Å²) in [5, 5.41) is 31.1. The normalized spacial score (nSPS) is 12.4. The Hall–Kier alpha value is -1.66. The van der Waals surface area contributed by atoms with E-state index in [1.54, 1.807) is 23.5 Å².